The Morgan fingerprint density at radius 2 is 2.41 bits per heavy atom. The number of nitrogen functional groups attached to an aromatic ring is 1. The molecule has 17 heavy (non-hydrogen) atoms. The van der Waals surface area contributed by atoms with Crippen LogP contribution in [-0.4, -0.2) is 31.5 Å². The summed E-state index contributed by atoms with van der Waals surface area (Å²) in [4.78, 5) is 15.7. The van der Waals surface area contributed by atoms with E-state index in [-0.39, 0.29) is 11.9 Å². The van der Waals surface area contributed by atoms with Crippen LogP contribution in [0.1, 0.15) is 29.1 Å². The Morgan fingerprint density at radius 1 is 1.59 bits per heavy atom. The molecule has 0 aromatic carbocycles. The fourth-order valence-electron chi connectivity index (χ4n) is 1.29. The van der Waals surface area contributed by atoms with Gasteiger partial charge in [0.1, 0.15) is 0 Å². The zero-order valence-electron chi connectivity index (χ0n) is 9.08. The highest BCUT2D eigenvalue weighted by atomic mass is 16.1. The monoisotopic (exact) mass is 233 g/mol. The van der Waals surface area contributed by atoms with E-state index in [1.54, 1.807) is 13.0 Å². The molecule has 1 amide bonds. The Bertz CT molecular complexity index is 510. The van der Waals surface area contributed by atoms with Crippen LogP contribution >= 0.6 is 0 Å². The first kappa shape index (κ1) is 11.0. The van der Waals surface area contributed by atoms with Crippen molar-refractivity contribution in [2.24, 2.45) is 0 Å². The summed E-state index contributed by atoms with van der Waals surface area (Å²) < 4.78 is 0. The summed E-state index contributed by atoms with van der Waals surface area (Å²) in [5.74, 6) is 0.0775. The van der Waals surface area contributed by atoms with Gasteiger partial charge in [-0.25, -0.2) is 0 Å². The second-order valence-electron chi connectivity index (χ2n) is 3.43. The molecule has 0 bridgehead atoms. The third kappa shape index (κ3) is 2.36. The summed E-state index contributed by atoms with van der Waals surface area (Å²) in [6.07, 6.45) is 2.93. The van der Waals surface area contributed by atoms with Gasteiger partial charge in [-0.1, -0.05) is 5.21 Å². The molecule has 0 aliphatic carbocycles. The van der Waals surface area contributed by atoms with E-state index in [1.807, 2.05) is 0 Å². The molecule has 2 heterocycles. The van der Waals surface area contributed by atoms with Gasteiger partial charge in [-0.15, -0.1) is 10.2 Å². The Morgan fingerprint density at radius 3 is 3.06 bits per heavy atom. The molecule has 4 N–H and O–H groups in total. The maximum Gasteiger partial charge on any atom is 0.255 e. The summed E-state index contributed by atoms with van der Waals surface area (Å²) in [6, 6.07) is 1.20. The van der Waals surface area contributed by atoms with Gasteiger partial charge in [0.25, 0.3) is 5.91 Å². The Hall–Kier alpha value is -2.51. The molecular weight excluding hydrogens is 222 g/mol. The van der Waals surface area contributed by atoms with Crippen LogP contribution in [0.3, 0.4) is 0 Å². The van der Waals surface area contributed by atoms with E-state index < -0.39 is 0 Å². The fourth-order valence-corrected chi connectivity index (χ4v) is 1.29. The van der Waals surface area contributed by atoms with Crippen LogP contribution in [0.5, 0.6) is 0 Å². The quantitative estimate of drug-likeness (QED) is 0.667. The average Bonchev–Trinajstić information content (AvgIpc) is 2.82. The molecule has 0 fully saturated rings. The number of H-pyrrole nitrogens is 1. The zero-order valence-corrected chi connectivity index (χ0v) is 9.08. The molecule has 0 aliphatic heterocycles. The molecular formula is C9H11N7O. The predicted octanol–water partition coefficient (Wildman–Crippen LogP) is -0.332. The van der Waals surface area contributed by atoms with E-state index >= 15 is 0 Å². The first-order valence-electron chi connectivity index (χ1n) is 4.92. The summed E-state index contributed by atoms with van der Waals surface area (Å²) >= 11 is 0. The number of carbonyl (C=O) groups excluding carboxylic acids is 1. The number of nitrogens with two attached hydrogens (primary N) is 1. The predicted molar refractivity (Wildman–Crippen MR) is 58.7 cm³/mol. The lowest BCUT2D eigenvalue weighted by atomic mass is 10.2. The first-order chi connectivity index (χ1) is 8.18. The molecule has 0 saturated heterocycles. The normalized spacial score (nSPS) is 12.1. The molecule has 0 spiro atoms. The largest absolute Gasteiger partial charge is 0.398 e. The van der Waals surface area contributed by atoms with Crippen LogP contribution in [0.15, 0.2) is 18.5 Å². The number of amides is 1. The van der Waals surface area contributed by atoms with E-state index in [0.717, 1.165) is 0 Å². The average molecular weight is 233 g/mol. The number of carbonyl (C=O) groups is 1. The highest BCUT2D eigenvalue weighted by Crippen LogP contribution is 2.11. The van der Waals surface area contributed by atoms with Gasteiger partial charge in [-0.05, 0) is 13.0 Å². The number of aromatic nitrogens is 5. The zero-order chi connectivity index (χ0) is 12.3. The second kappa shape index (κ2) is 4.56. The number of pyridine rings is 1. The summed E-state index contributed by atoms with van der Waals surface area (Å²) in [5.41, 5.74) is 6.36. The summed E-state index contributed by atoms with van der Waals surface area (Å²) in [5, 5.41) is 16.0. The molecule has 0 saturated carbocycles. The molecule has 0 radical (unpaired) electrons. The third-order valence-corrected chi connectivity index (χ3v) is 2.20. The first-order valence-corrected chi connectivity index (χ1v) is 4.92. The van der Waals surface area contributed by atoms with Crippen molar-refractivity contribution >= 4 is 11.6 Å². The molecule has 1 unspecified atom stereocenters. The number of hydrogen-bond acceptors (Lipinski definition) is 6. The maximum absolute atomic E-state index is 11.9. The summed E-state index contributed by atoms with van der Waals surface area (Å²) in [7, 11) is 0. The molecule has 88 valence electrons. The van der Waals surface area contributed by atoms with Crippen LogP contribution < -0.4 is 11.1 Å². The smallest absolute Gasteiger partial charge is 0.255 e. The van der Waals surface area contributed by atoms with Gasteiger partial charge >= 0.3 is 0 Å². The molecule has 2 rings (SSSR count). The van der Waals surface area contributed by atoms with E-state index in [1.165, 1.54) is 12.4 Å². The van der Waals surface area contributed by atoms with Crippen molar-refractivity contribution in [1.82, 2.24) is 30.9 Å². The Balaban J connectivity index is 2.10. The van der Waals surface area contributed by atoms with Gasteiger partial charge in [-0.2, -0.15) is 5.21 Å². The number of nitrogens with one attached hydrogen (secondary N) is 2. The van der Waals surface area contributed by atoms with Crippen LogP contribution in [0, 0.1) is 0 Å². The molecule has 8 heteroatoms. The second-order valence-corrected chi connectivity index (χ2v) is 3.43. The van der Waals surface area contributed by atoms with E-state index in [2.05, 4.69) is 30.9 Å². The van der Waals surface area contributed by atoms with Gasteiger partial charge in [0.2, 0.25) is 0 Å². The minimum atomic E-state index is -0.360. The minimum Gasteiger partial charge on any atom is -0.398 e. The van der Waals surface area contributed by atoms with E-state index in [4.69, 9.17) is 5.73 Å². The lowest BCUT2D eigenvalue weighted by molar-refractivity contribution is 0.0939. The third-order valence-electron chi connectivity index (χ3n) is 2.20. The van der Waals surface area contributed by atoms with Crippen molar-refractivity contribution in [1.29, 1.82) is 0 Å². The van der Waals surface area contributed by atoms with Crippen molar-refractivity contribution in [3.05, 3.63) is 29.8 Å². The van der Waals surface area contributed by atoms with Crippen molar-refractivity contribution in [2.45, 2.75) is 13.0 Å². The highest BCUT2D eigenvalue weighted by molar-refractivity contribution is 5.98. The van der Waals surface area contributed by atoms with Gasteiger partial charge in [-0.3, -0.25) is 9.78 Å². The van der Waals surface area contributed by atoms with Crippen LogP contribution in [0.25, 0.3) is 0 Å². The van der Waals surface area contributed by atoms with Crippen LogP contribution in [0.4, 0.5) is 5.69 Å². The standard InChI is InChI=1S/C9H11N7O/c1-5(8-13-15-16-14-8)12-9(17)6-4-11-3-2-7(6)10/h2-5H,1H3,(H2,10,11)(H,12,17)(H,13,14,15,16). The van der Waals surface area contributed by atoms with Crippen molar-refractivity contribution < 1.29 is 4.79 Å². The number of tetrazole rings is 1. The molecule has 2 aromatic heterocycles. The van der Waals surface area contributed by atoms with Crippen molar-refractivity contribution in [3.63, 3.8) is 0 Å². The highest BCUT2D eigenvalue weighted by Gasteiger charge is 2.16. The lowest BCUT2D eigenvalue weighted by Gasteiger charge is -2.10. The van der Waals surface area contributed by atoms with Gasteiger partial charge in [0.15, 0.2) is 5.82 Å². The molecule has 2 aromatic rings. The number of rotatable bonds is 3. The number of hydrogen-bond donors (Lipinski definition) is 3. The van der Waals surface area contributed by atoms with Gasteiger partial charge in [0, 0.05) is 18.1 Å². The molecule has 0 aliphatic rings. The van der Waals surface area contributed by atoms with Crippen molar-refractivity contribution in [3.8, 4) is 0 Å². The Kier molecular flexibility index (Phi) is 2.95. The van der Waals surface area contributed by atoms with E-state index in [9.17, 15) is 4.79 Å². The topological polar surface area (TPSA) is 122 Å². The van der Waals surface area contributed by atoms with Gasteiger partial charge < -0.3 is 11.1 Å². The SMILES string of the molecule is CC(NC(=O)c1cnccc1N)c1nn[nH]n1. The van der Waals surface area contributed by atoms with Crippen LogP contribution in [-0.2, 0) is 0 Å². The maximum atomic E-state index is 11.9. The molecule has 1 atom stereocenters. The molecule has 8 nitrogen and oxygen atoms in total. The number of nitrogens with zero attached hydrogens (tertiary/aromatic N) is 4. The fraction of sp³-hybridized carbons (Fsp3) is 0.222. The van der Waals surface area contributed by atoms with Crippen molar-refractivity contribution in [2.75, 3.05) is 5.73 Å². The van der Waals surface area contributed by atoms with Gasteiger partial charge in [0.05, 0.1) is 11.6 Å². The minimum absolute atomic E-state index is 0.322. The van der Waals surface area contributed by atoms with E-state index in [0.29, 0.717) is 17.1 Å². The Labute approximate surface area is 96.6 Å². The lowest BCUT2D eigenvalue weighted by Crippen LogP contribution is -2.28. The summed E-state index contributed by atoms with van der Waals surface area (Å²) in [6.45, 7) is 1.75. The number of anilines is 1. The number of aromatic amines is 1. The van der Waals surface area contributed by atoms with Crippen LogP contribution in [0.2, 0.25) is 0 Å².